The number of hydrogen-bond donors (Lipinski definition) is 2. The Hall–Kier alpha value is -3.36. The Balaban J connectivity index is 2.17. The van der Waals surface area contributed by atoms with Gasteiger partial charge in [0.25, 0.3) is 5.91 Å². The number of hydrogen-bond acceptors (Lipinski definition) is 5. The van der Waals surface area contributed by atoms with Crippen molar-refractivity contribution in [2.75, 3.05) is 0 Å². The van der Waals surface area contributed by atoms with Crippen LogP contribution in [-0.2, 0) is 11.2 Å². The Morgan fingerprint density at radius 3 is 2.54 bits per heavy atom. The highest BCUT2D eigenvalue weighted by molar-refractivity contribution is 5.96. The molecule has 0 aliphatic carbocycles. The summed E-state index contributed by atoms with van der Waals surface area (Å²) in [5, 5.41) is 22.3. The fourth-order valence-corrected chi connectivity index (χ4v) is 2.01. The fourth-order valence-electron chi connectivity index (χ4n) is 2.01. The van der Waals surface area contributed by atoms with E-state index in [1.165, 1.54) is 30.6 Å². The third-order valence-corrected chi connectivity index (χ3v) is 3.19. The van der Waals surface area contributed by atoms with Gasteiger partial charge in [-0.05, 0) is 23.8 Å². The zero-order valence-electron chi connectivity index (χ0n) is 12.2. The molecule has 1 amide bonds. The molecule has 0 aliphatic rings. The lowest BCUT2D eigenvalue weighted by molar-refractivity contribution is -0.387. The van der Waals surface area contributed by atoms with E-state index in [0.29, 0.717) is 0 Å². The van der Waals surface area contributed by atoms with Gasteiger partial charge in [0, 0.05) is 30.4 Å². The Kier molecular flexibility index (Phi) is 5.15. The van der Waals surface area contributed by atoms with Crippen molar-refractivity contribution in [2.24, 2.45) is 0 Å². The van der Waals surface area contributed by atoms with Gasteiger partial charge in [0.2, 0.25) is 5.82 Å². The first kappa shape index (κ1) is 17.0. The van der Waals surface area contributed by atoms with E-state index in [9.17, 15) is 29.2 Å². The molecule has 0 unspecified atom stereocenters. The molecule has 2 N–H and O–H groups in total. The zero-order valence-corrected chi connectivity index (χ0v) is 12.2. The van der Waals surface area contributed by atoms with E-state index >= 15 is 0 Å². The standard InChI is InChI=1S/C15H12FN3O5/c16-11-2-1-9(8-13(11)19(23)24)7-12(15(21)22)18-14(20)10-3-5-17-6-4-10/h1-6,8,12H,7H2,(H,18,20)(H,21,22)/t12-/m0/s1. The third-order valence-electron chi connectivity index (χ3n) is 3.19. The molecule has 1 atom stereocenters. The first-order chi connectivity index (χ1) is 11.4. The van der Waals surface area contributed by atoms with Gasteiger partial charge in [-0.25, -0.2) is 4.79 Å². The van der Waals surface area contributed by atoms with Crippen molar-refractivity contribution in [1.82, 2.24) is 10.3 Å². The van der Waals surface area contributed by atoms with Crippen molar-refractivity contribution in [3.8, 4) is 0 Å². The average molecular weight is 333 g/mol. The zero-order chi connectivity index (χ0) is 17.7. The summed E-state index contributed by atoms with van der Waals surface area (Å²) in [5.41, 5.74) is -0.316. The minimum absolute atomic E-state index is 0.213. The molecule has 8 nitrogen and oxygen atoms in total. The summed E-state index contributed by atoms with van der Waals surface area (Å²) in [6.07, 6.45) is 2.54. The molecule has 1 heterocycles. The molecule has 2 rings (SSSR count). The van der Waals surface area contributed by atoms with Crippen molar-refractivity contribution in [1.29, 1.82) is 0 Å². The maximum Gasteiger partial charge on any atom is 0.326 e. The Morgan fingerprint density at radius 2 is 1.96 bits per heavy atom. The normalized spacial score (nSPS) is 11.5. The van der Waals surface area contributed by atoms with Crippen molar-refractivity contribution >= 4 is 17.6 Å². The van der Waals surface area contributed by atoms with Crippen LogP contribution in [0.2, 0.25) is 0 Å². The van der Waals surface area contributed by atoms with Gasteiger partial charge in [-0.2, -0.15) is 4.39 Å². The summed E-state index contributed by atoms with van der Waals surface area (Å²) in [7, 11) is 0. The molecule has 0 aliphatic heterocycles. The number of benzene rings is 1. The van der Waals surface area contributed by atoms with Gasteiger partial charge in [-0.1, -0.05) is 6.07 Å². The number of carboxylic acids is 1. The molecular formula is C15H12FN3O5. The van der Waals surface area contributed by atoms with Gasteiger partial charge in [0.15, 0.2) is 0 Å². The predicted molar refractivity (Wildman–Crippen MR) is 79.9 cm³/mol. The number of rotatable bonds is 6. The summed E-state index contributed by atoms with van der Waals surface area (Å²) in [5.74, 6) is -2.96. The molecule has 0 bridgehead atoms. The van der Waals surface area contributed by atoms with Crippen LogP contribution in [0.4, 0.5) is 10.1 Å². The second-order valence-corrected chi connectivity index (χ2v) is 4.85. The molecule has 9 heteroatoms. The molecule has 0 saturated heterocycles. The summed E-state index contributed by atoms with van der Waals surface area (Å²) in [6.45, 7) is 0. The predicted octanol–water partition coefficient (Wildman–Crippen LogP) is 1.55. The number of nitrogens with zero attached hydrogens (tertiary/aromatic N) is 2. The van der Waals surface area contributed by atoms with Gasteiger partial charge in [-0.3, -0.25) is 19.9 Å². The molecule has 2 aromatic rings. The summed E-state index contributed by atoms with van der Waals surface area (Å²) in [6, 6.07) is 4.57. The lowest BCUT2D eigenvalue weighted by Crippen LogP contribution is -2.42. The number of carboxylic acid groups (broad SMARTS) is 1. The monoisotopic (exact) mass is 333 g/mol. The molecule has 0 spiro atoms. The number of aliphatic carboxylic acids is 1. The summed E-state index contributed by atoms with van der Waals surface area (Å²) >= 11 is 0. The Morgan fingerprint density at radius 1 is 1.29 bits per heavy atom. The first-order valence-electron chi connectivity index (χ1n) is 6.75. The summed E-state index contributed by atoms with van der Waals surface area (Å²) < 4.78 is 13.3. The van der Waals surface area contributed by atoms with Crippen LogP contribution in [-0.4, -0.2) is 32.9 Å². The molecule has 1 aromatic carbocycles. The molecule has 1 aromatic heterocycles. The van der Waals surface area contributed by atoms with Gasteiger partial charge < -0.3 is 10.4 Å². The van der Waals surface area contributed by atoms with Crippen LogP contribution in [0, 0.1) is 15.9 Å². The van der Waals surface area contributed by atoms with Crippen LogP contribution in [0.25, 0.3) is 0 Å². The second-order valence-electron chi connectivity index (χ2n) is 4.85. The number of carbonyl (C=O) groups excluding carboxylic acids is 1. The third kappa shape index (κ3) is 4.09. The van der Waals surface area contributed by atoms with Crippen LogP contribution in [0.1, 0.15) is 15.9 Å². The molecular weight excluding hydrogens is 321 g/mol. The number of carbonyl (C=O) groups is 2. The fraction of sp³-hybridized carbons (Fsp3) is 0.133. The van der Waals surface area contributed by atoms with E-state index in [0.717, 1.165) is 12.1 Å². The van der Waals surface area contributed by atoms with E-state index in [1.54, 1.807) is 0 Å². The lowest BCUT2D eigenvalue weighted by Gasteiger charge is -2.14. The second kappa shape index (κ2) is 7.27. The molecule has 0 fully saturated rings. The van der Waals surface area contributed by atoms with Gasteiger partial charge in [0.05, 0.1) is 4.92 Å². The molecule has 124 valence electrons. The van der Waals surface area contributed by atoms with Crippen LogP contribution < -0.4 is 5.32 Å². The number of pyridine rings is 1. The molecule has 0 radical (unpaired) electrons. The van der Waals surface area contributed by atoms with E-state index in [2.05, 4.69) is 10.3 Å². The quantitative estimate of drug-likeness (QED) is 0.611. The number of nitro groups is 1. The Bertz CT molecular complexity index is 782. The smallest absolute Gasteiger partial charge is 0.326 e. The highest BCUT2D eigenvalue weighted by Crippen LogP contribution is 2.19. The molecule has 0 saturated carbocycles. The maximum atomic E-state index is 13.3. The van der Waals surface area contributed by atoms with Crippen LogP contribution in [0.15, 0.2) is 42.7 Å². The van der Waals surface area contributed by atoms with Crippen LogP contribution in [0.3, 0.4) is 0 Å². The SMILES string of the molecule is O=C(N[C@@H](Cc1ccc(F)c([N+](=O)[O-])c1)C(=O)O)c1ccncc1. The summed E-state index contributed by atoms with van der Waals surface area (Å²) in [4.78, 5) is 36.9. The van der Waals surface area contributed by atoms with Gasteiger partial charge in [-0.15, -0.1) is 0 Å². The van der Waals surface area contributed by atoms with Gasteiger partial charge in [0.1, 0.15) is 6.04 Å². The number of nitro benzene ring substituents is 1. The number of amides is 1. The highest BCUT2D eigenvalue weighted by atomic mass is 19.1. The van der Waals surface area contributed by atoms with E-state index in [-0.39, 0.29) is 17.5 Å². The van der Waals surface area contributed by atoms with Crippen LogP contribution >= 0.6 is 0 Å². The van der Waals surface area contributed by atoms with Crippen LogP contribution in [0.5, 0.6) is 0 Å². The van der Waals surface area contributed by atoms with E-state index in [1.807, 2.05) is 0 Å². The van der Waals surface area contributed by atoms with Crippen molar-refractivity contribution in [3.63, 3.8) is 0 Å². The largest absolute Gasteiger partial charge is 0.480 e. The minimum Gasteiger partial charge on any atom is -0.480 e. The average Bonchev–Trinajstić information content (AvgIpc) is 2.56. The maximum absolute atomic E-state index is 13.3. The van der Waals surface area contributed by atoms with Gasteiger partial charge >= 0.3 is 11.7 Å². The van der Waals surface area contributed by atoms with Crippen molar-refractivity contribution < 1.29 is 24.0 Å². The van der Waals surface area contributed by atoms with Crippen molar-refractivity contribution in [3.05, 3.63) is 69.8 Å². The molecule has 24 heavy (non-hydrogen) atoms. The van der Waals surface area contributed by atoms with E-state index < -0.39 is 34.3 Å². The number of halogens is 1. The number of aromatic nitrogens is 1. The lowest BCUT2D eigenvalue weighted by atomic mass is 10.0. The number of nitrogens with one attached hydrogen (secondary N) is 1. The Labute approximate surface area is 135 Å². The van der Waals surface area contributed by atoms with E-state index in [4.69, 9.17) is 0 Å². The first-order valence-corrected chi connectivity index (χ1v) is 6.75. The topological polar surface area (TPSA) is 122 Å². The van der Waals surface area contributed by atoms with Crippen molar-refractivity contribution in [2.45, 2.75) is 12.5 Å². The highest BCUT2D eigenvalue weighted by Gasteiger charge is 2.23. The minimum atomic E-state index is -1.32.